The molecular weight excluding hydrogens is 374 g/mol. The Bertz CT molecular complexity index is 651. The second kappa shape index (κ2) is 12.2. The molecule has 168 valence electrons. The van der Waals surface area contributed by atoms with Crippen LogP contribution in [0.25, 0.3) is 0 Å². The van der Waals surface area contributed by atoms with Gasteiger partial charge in [0.1, 0.15) is 0 Å². The zero-order valence-corrected chi connectivity index (χ0v) is 19.3. The molecule has 6 nitrogen and oxygen atoms in total. The predicted molar refractivity (Wildman–Crippen MR) is 127 cm³/mol. The van der Waals surface area contributed by atoms with Gasteiger partial charge in [-0.2, -0.15) is 0 Å². The second-order valence-corrected chi connectivity index (χ2v) is 8.72. The minimum absolute atomic E-state index is 0.636. The average molecular weight is 416 g/mol. The Kier molecular flexibility index (Phi) is 9.27. The highest BCUT2D eigenvalue weighted by molar-refractivity contribution is 5.79. The summed E-state index contributed by atoms with van der Waals surface area (Å²) in [6, 6.07) is 8.87. The van der Waals surface area contributed by atoms with Gasteiger partial charge in [-0.25, -0.2) is 0 Å². The molecule has 0 amide bonds. The first kappa shape index (κ1) is 22.9. The molecule has 2 heterocycles. The fourth-order valence-electron chi connectivity index (χ4n) is 4.36. The number of aryl methyl sites for hydroxylation is 1. The van der Waals surface area contributed by atoms with Crippen molar-refractivity contribution in [1.82, 2.24) is 15.1 Å². The molecule has 2 aliphatic heterocycles. The van der Waals surface area contributed by atoms with E-state index in [9.17, 15) is 0 Å². The van der Waals surface area contributed by atoms with Crippen molar-refractivity contribution in [3.63, 3.8) is 0 Å². The highest BCUT2D eigenvalue weighted by Gasteiger charge is 2.19. The summed E-state index contributed by atoms with van der Waals surface area (Å²) in [5, 5.41) is 3.44. The van der Waals surface area contributed by atoms with Gasteiger partial charge in [0.2, 0.25) is 0 Å². The van der Waals surface area contributed by atoms with E-state index in [4.69, 9.17) is 9.73 Å². The maximum absolute atomic E-state index is 5.51. The minimum Gasteiger partial charge on any atom is -0.381 e. The number of aliphatic imine (C=N–C) groups is 1. The minimum atomic E-state index is 0.636. The van der Waals surface area contributed by atoms with E-state index < -0.39 is 0 Å². The van der Waals surface area contributed by atoms with E-state index in [1.54, 1.807) is 0 Å². The van der Waals surface area contributed by atoms with Crippen LogP contribution < -0.4 is 10.2 Å². The number of rotatable bonds is 9. The first-order chi connectivity index (χ1) is 14.7. The molecule has 0 aromatic heterocycles. The summed E-state index contributed by atoms with van der Waals surface area (Å²) in [7, 11) is 2.15. The summed E-state index contributed by atoms with van der Waals surface area (Å²) in [5.41, 5.74) is 2.71. The van der Waals surface area contributed by atoms with E-state index in [-0.39, 0.29) is 0 Å². The van der Waals surface area contributed by atoms with Crippen LogP contribution in [0.3, 0.4) is 0 Å². The number of anilines is 1. The van der Waals surface area contributed by atoms with Crippen molar-refractivity contribution in [2.24, 2.45) is 10.9 Å². The lowest BCUT2D eigenvalue weighted by atomic mass is 10.1. The molecule has 2 fully saturated rings. The van der Waals surface area contributed by atoms with Crippen molar-refractivity contribution in [3.05, 3.63) is 29.8 Å². The lowest BCUT2D eigenvalue weighted by Gasteiger charge is -2.36. The number of benzene rings is 1. The van der Waals surface area contributed by atoms with E-state index in [1.165, 1.54) is 30.6 Å². The van der Waals surface area contributed by atoms with Crippen LogP contribution in [0.2, 0.25) is 0 Å². The van der Waals surface area contributed by atoms with Gasteiger partial charge in [-0.3, -0.25) is 9.89 Å². The lowest BCUT2D eigenvalue weighted by molar-refractivity contribution is 0.181. The standard InChI is InChI=1S/C24H41N5O/c1-4-25-24(27(3)19-22-10-17-30-20-22)26-11-5-6-12-28-13-15-29(16-14-28)23-9-7-8-21(2)18-23/h7-9,18,22H,4-6,10-17,19-20H2,1-3H3,(H,25,26). The number of nitrogens with one attached hydrogen (secondary N) is 1. The number of nitrogens with zero attached hydrogens (tertiary/aromatic N) is 4. The first-order valence-electron chi connectivity index (χ1n) is 11.8. The largest absolute Gasteiger partial charge is 0.381 e. The molecule has 1 aromatic rings. The molecule has 3 rings (SSSR count). The van der Waals surface area contributed by atoms with Crippen molar-refractivity contribution >= 4 is 11.6 Å². The number of ether oxygens (including phenoxy) is 1. The van der Waals surface area contributed by atoms with E-state index in [1.807, 2.05) is 0 Å². The number of guanidine groups is 1. The van der Waals surface area contributed by atoms with Crippen LogP contribution in [0, 0.1) is 12.8 Å². The van der Waals surface area contributed by atoms with Crippen molar-refractivity contribution in [2.75, 3.05) is 77.5 Å². The quantitative estimate of drug-likeness (QED) is 0.382. The Balaban J connectivity index is 1.33. The molecule has 2 aliphatic rings. The lowest BCUT2D eigenvalue weighted by Crippen LogP contribution is -2.46. The van der Waals surface area contributed by atoms with Crippen molar-refractivity contribution in [1.29, 1.82) is 0 Å². The number of hydrogen-bond acceptors (Lipinski definition) is 4. The molecule has 1 aromatic carbocycles. The van der Waals surface area contributed by atoms with Gasteiger partial charge in [-0.05, 0) is 57.4 Å². The molecule has 1 N–H and O–H groups in total. The highest BCUT2D eigenvalue weighted by atomic mass is 16.5. The van der Waals surface area contributed by atoms with Crippen LogP contribution in [0.5, 0.6) is 0 Å². The number of hydrogen-bond donors (Lipinski definition) is 1. The number of piperazine rings is 1. The van der Waals surface area contributed by atoms with Crippen LogP contribution >= 0.6 is 0 Å². The monoisotopic (exact) mass is 415 g/mol. The summed E-state index contributed by atoms with van der Waals surface area (Å²) in [4.78, 5) is 12.3. The van der Waals surface area contributed by atoms with Crippen LogP contribution in [0.15, 0.2) is 29.3 Å². The molecule has 2 saturated heterocycles. The molecule has 30 heavy (non-hydrogen) atoms. The van der Waals surface area contributed by atoms with Crippen molar-refractivity contribution < 1.29 is 4.74 Å². The molecule has 1 unspecified atom stereocenters. The van der Waals surface area contributed by atoms with Gasteiger partial charge < -0.3 is 19.9 Å². The summed E-state index contributed by atoms with van der Waals surface area (Å²) < 4.78 is 5.51. The second-order valence-electron chi connectivity index (χ2n) is 8.72. The normalized spacial score (nSPS) is 20.6. The zero-order valence-electron chi connectivity index (χ0n) is 19.3. The van der Waals surface area contributed by atoms with Gasteiger partial charge in [-0.1, -0.05) is 12.1 Å². The van der Waals surface area contributed by atoms with Gasteiger partial charge >= 0.3 is 0 Å². The SMILES string of the molecule is CCNC(=NCCCCN1CCN(c2cccc(C)c2)CC1)N(C)CC1CCOC1. The maximum Gasteiger partial charge on any atom is 0.193 e. The third-order valence-corrected chi connectivity index (χ3v) is 6.14. The van der Waals surface area contributed by atoms with Crippen molar-refractivity contribution in [2.45, 2.75) is 33.1 Å². The van der Waals surface area contributed by atoms with Gasteiger partial charge in [0.25, 0.3) is 0 Å². The van der Waals surface area contributed by atoms with Crippen molar-refractivity contribution in [3.8, 4) is 0 Å². The van der Waals surface area contributed by atoms with E-state index in [2.05, 4.69) is 65.2 Å². The van der Waals surface area contributed by atoms with Crippen LogP contribution in [-0.2, 0) is 4.74 Å². The van der Waals surface area contributed by atoms with Gasteiger partial charge in [0, 0.05) is 71.1 Å². The van der Waals surface area contributed by atoms with Gasteiger partial charge in [0.05, 0.1) is 6.61 Å². The van der Waals surface area contributed by atoms with E-state index in [0.29, 0.717) is 5.92 Å². The first-order valence-corrected chi connectivity index (χ1v) is 11.8. The Morgan fingerprint density at radius 3 is 2.77 bits per heavy atom. The van der Waals surface area contributed by atoms with E-state index in [0.717, 1.165) is 71.4 Å². The Labute approximate surface area is 183 Å². The molecule has 0 saturated carbocycles. The summed E-state index contributed by atoms with van der Waals surface area (Å²) in [6.07, 6.45) is 3.53. The zero-order chi connectivity index (χ0) is 21.2. The molecule has 0 aliphatic carbocycles. The van der Waals surface area contributed by atoms with Crippen LogP contribution in [0.4, 0.5) is 5.69 Å². The van der Waals surface area contributed by atoms with E-state index >= 15 is 0 Å². The van der Waals surface area contributed by atoms with Crippen LogP contribution in [-0.4, -0.2) is 88.4 Å². The predicted octanol–water partition coefficient (Wildman–Crippen LogP) is 2.83. The highest BCUT2D eigenvalue weighted by Crippen LogP contribution is 2.18. The Morgan fingerprint density at radius 1 is 1.23 bits per heavy atom. The molecule has 6 heteroatoms. The Morgan fingerprint density at radius 2 is 2.07 bits per heavy atom. The fraction of sp³-hybridized carbons (Fsp3) is 0.708. The topological polar surface area (TPSA) is 43.3 Å². The third-order valence-electron chi connectivity index (χ3n) is 6.14. The molecule has 0 radical (unpaired) electrons. The average Bonchev–Trinajstić information content (AvgIpc) is 3.26. The van der Waals surface area contributed by atoms with Gasteiger partial charge in [-0.15, -0.1) is 0 Å². The smallest absolute Gasteiger partial charge is 0.193 e. The fourth-order valence-corrected chi connectivity index (χ4v) is 4.36. The van der Waals surface area contributed by atoms with Crippen LogP contribution in [0.1, 0.15) is 31.7 Å². The molecule has 1 atom stereocenters. The third kappa shape index (κ3) is 7.17. The maximum atomic E-state index is 5.51. The number of unbranched alkanes of at least 4 members (excludes halogenated alkanes) is 1. The summed E-state index contributed by atoms with van der Waals surface area (Å²) in [6.45, 7) is 14.7. The molecular formula is C24H41N5O. The summed E-state index contributed by atoms with van der Waals surface area (Å²) >= 11 is 0. The molecule has 0 bridgehead atoms. The summed E-state index contributed by atoms with van der Waals surface area (Å²) in [5.74, 6) is 1.67. The molecule has 0 spiro atoms. The van der Waals surface area contributed by atoms with Gasteiger partial charge in [0.15, 0.2) is 5.96 Å². The Hall–Kier alpha value is -1.79.